The second-order valence-electron chi connectivity index (χ2n) is 7.35. The van der Waals surface area contributed by atoms with Crippen molar-refractivity contribution in [3.63, 3.8) is 0 Å². The van der Waals surface area contributed by atoms with Gasteiger partial charge in [-0.1, -0.05) is 30.3 Å². The maximum atomic E-state index is 12.9. The summed E-state index contributed by atoms with van der Waals surface area (Å²) in [5.41, 5.74) is 3.82. The van der Waals surface area contributed by atoms with Crippen LogP contribution >= 0.6 is 0 Å². The molecule has 1 aromatic heterocycles. The number of aryl methyl sites for hydroxylation is 1. The molecule has 0 unspecified atom stereocenters. The Bertz CT molecular complexity index is 1010. The summed E-state index contributed by atoms with van der Waals surface area (Å²) >= 11 is 0. The van der Waals surface area contributed by atoms with Crippen molar-refractivity contribution < 1.29 is 14.3 Å². The molecule has 0 saturated heterocycles. The molecule has 6 nitrogen and oxygen atoms in total. The average molecular weight is 391 g/mol. The summed E-state index contributed by atoms with van der Waals surface area (Å²) < 4.78 is 13.6. The maximum absolute atomic E-state index is 12.9. The van der Waals surface area contributed by atoms with Crippen molar-refractivity contribution in [1.82, 2.24) is 14.7 Å². The molecule has 1 atom stereocenters. The smallest absolute Gasteiger partial charge is 0.227 e. The highest BCUT2D eigenvalue weighted by Crippen LogP contribution is 2.31. The Morgan fingerprint density at radius 2 is 1.79 bits per heavy atom. The van der Waals surface area contributed by atoms with Gasteiger partial charge in [-0.05, 0) is 38.1 Å². The van der Waals surface area contributed by atoms with Gasteiger partial charge in [0.25, 0.3) is 0 Å². The van der Waals surface area contributed by atoms with E-state index in [1.165, 1.54) is 0 Å². The van der Waals surface area contributed by atoms with Crippen LogP contribution in [0, 0.1) is 13.8 Å². The molecule has 0 bridgehead atoms. The average Bonchev–Trinajstić information content (AvgIpc) is 3.02. The molecular formula is C23H25N3O3. The number of carbonyl (C=O) groups excluding carboxylic acids is 1. The second kappa shape index (κ2) is 7.99. The van der Waals surface area contributed by atoms with Crippen molar-refractivity contribution >= 4 is 5.91 Å². The van der Waals surface area contributed by atoms with Gasteiger partial charge in [-0.15, -0.1) is 0 Å². The minimum Gasteiger partial charge on any atom is -0.486 e. The van der Waals surface area contributed by atoms with Gasteiger partial charge in [-0.25, -0.2) is 4.68 Å². The number of likely N-dealkylation sites (N-methyl/N-ethyl adjacent to an activating group) is 1. The van der Waals surface area contributed by atoms with Crippen molar-refractivity contribution in [3.05, 3.63) is 71.5 Å². The molecule has 6 heteroatoms. The molecular weight excluding hydrogens is 366 g/mol. The van der Waals surface area contributed by atoms with Crippen molar-refractivity contribution in [3.8, 4) is 17.2 Å². The summed E-state index contributed by atoms with van der Waals surface area (Å²) in [4.78, 5) is 14.6. The Hall–Kier alpha value is -3.28. The molecule has 1 aliphatic rings. The third kappa shape index (κ3) is 3.97. The lowest BCUT2D eigenvalue weighted by Crippen LogP contribution is -2.42. The van der Waals surface area contributed by atoms with E-state index in [0.29, 0.717) is 19.6 Å². The number of amides is 1. The van der Waals surface area contributed by atoms with Gasteiger partial charge < -0.3 is 14.4 Å². The van der Waals surface area contributed by atoms with E-state index >= 15 is 0 Å². The minimum atomic E-state index is -0.187. The fraction of sp³-hybridized carbons (Fsp3) is 0.304. The first-order chi connectivity index (χ1) is 14.0. The third-order valence-electron chi connectivity index (χ3n) is 5.24. The molecule has 3 aromatic rings. The number of benzene rings is 2. The van der Waals surface area contributed by atoms with Crippen LogP contribution in [-0.2, 0) is 11.2 Å². The van der Waals surface area contributed by atoms with E-state index in [9.17, 15) is 4.79 Å². The lowest BCUT2D eigenvalue weighted by atomic mass is 10.1. The molecule has 0 spiro atoms. The molecule has 1 amide bonds. The van der Waals surface area contributed by atoms with E-state index < -0.39 is 0 Å². The van der Waals surface area contributed by atoms with Crippen LogP contribution in [-0.4, -0.2) is 46.9 Å². The minimum absolute atomic E-state index is 0.0336. The molecule has 0 fully saturated rings. The number of carbonyl (C=O) groups is 1. The molecule has 2 aromatic carbocycles. The molecule has 0 radical (unpaired) electrons. The van der Waals surface area contributed by atoms with Gasteiger partial charge in [0.1, 0.15) is 6.61 Å². The number of nitrogens with zero attached hydrogens (tertiary/aromatic N) is 3. The van der Waals surface area contributed by atoms with Crippen molar-refractivity contribution in [2.24, 2.45) is 0 Å². The van der Waals surface area contributed by atoms with E-state index in [-0.39, 0.29) is 12.0 Å². The van der Waals surface area contributed by atoms with Crippen LogP contribution in [0.5, 0.6) is 11.5 Å². The Morgan fingerprint density at radius 3 is 2.55 bits per heavy atom. The number of rotatable bonds is 5. The largest absolute Gasteiger partial charge is 0.486 e. The zero-order valence-electron chi connectivity index (χ0n) is 17.0. The van der Waals surface area contributed by atoms with E-state index in [1.807, 2.05) is 73.1 Å². The van der Waals surface area contributed by atoms with Crippen molar-refractivity contribution in [2.45, 2.75) is 26.4 Å². The van der Waals surface area contributed by atoms with Gasteiger partial charge >= 0.3 is 0 Å². The number of ether oxygens (including phenoxy) is 2. The SMILES string of the molecule is Cc1nn(-c2ccccc2)c(C)c1CC(=O)N(C)C[C@H]1COc2ccccc2O1. The summed E-state index contributed by atoms with van der Waals surface area (Å²) in [5.74, 6) is 1.50. The molecule has 1 aliphatic heterocycles. The molecule has 0 saturated carbocycles. The van der Waals surface area contributed by atoms with Gasteiger partial charge in [0.2, 0.25) is 5.91 Å². The highest BCUT2D eigenvalue weighted by molar-refractivity contribution is 5.79. The van der Waals surface area contributed by atoms with Crippen LogP contribution in [0.25, 0.3) is 5.69 Å². The van der Waals surface area contributed by atoms with Gasteiger partial charge in [-0.2, -0.15) is 5.10 Å². The van der Waals surface area contributed by atoms with Crippen molar-refractivity contribution in [1.29, 1.82) is 0 Å². The predicted molar refractivity (Wildman–Crippen MR) is 111 cm³/mol. The lowest BCUT2D eigenvalue weighted by molar-refractivity contribution is -0.130. The molecule has 29 heavy (non-hydrogen) atoms. The Kier molecular flexibility index (Phi) is 5.25. The Labute approximate surface area is 170 Å². The van der Waals surface area contributed by atoms with Crippen LogP contribution in [0.3, 0.4) is 0 Å². The van der Waals surface area contributed by atoms with Gasteiger partial charge in [0.05, 0.1) is 24.3 Å². The summed E-state index contributed by atoms with van der Waals surface area (Å²) in [6.07, 6.45) is 0.124. The third-order valence-corrected chi connectivity index (χ3v) is 5.24. The van der Waals surface area contributed by atoms with E-state index in [1.54, 1.807) is 11.9 Å². The van der Waals surface area contributed by atoms with Gasteiger partial charge in [0, 0.05) is 18.3 Å². The molecule has 4 rings (SSSR count). The standard InChI is InChI=1S/C23H25N3O3/c1-16-20(17(2)26(24-16)18-9-5-4-6-10-18)13-23(27)25(3)14-19-15-28-21-11-7-8-12-22(21)29-19/h4-12,19H,13-15H2,1-3H3/t19-/m0/s1. The highest BCUT2D eigenvalue weighted by atomic mass is 16.6. The quantitative estimate of drug-likeness (QED) is 0.669. The molecule has 0 N–H and O–H groups in total. The van der Waals surface area contributed by atoms with E-state index in [4.69, 9.17) is 9.47 Å². The van der Waals surface area contributed by atoms with E-state index in [0.717, 1.165) is 34.1 Å². The summed E-state index contributed by atoms with van der Waals surface area (Å²) in [5, 5.41) is 4.63. The monoisotopic (exact) mass is 391 g/mol. The number of fused-ring (bicyclic) bond motifs is 1. The van der Waals surface area contributed by atoms with Crippen molar-refractivity contribution in [2.75, 3.05) is 20.2 Å². The predicted octanol–water partition coefficient (Wildman–Crippen LogP) is 3.33. The van der Waals surface area contributed by atoms with Crippen LogP contribution in [0.2, 0.25) is 0 Å². The van der Waals surface area contributed by atoms with E-state index in [2.05, 4.69) is 5.10 Å². The molecule has 0 aliphatic carbocycles. The number of para-hydroxylation sites is 3. The zero-order valence-corrected chi connectivity index (χ0v) is 17.0. The van der Waals surface area contributed by atoms with Gasteiger partial charge in [-0.3, -0.25) is 4.79 Å². The van der Waals surface area contributed by atoms with Crippen LogP contribution in [0.4, 0.5) is 0 Å². The number of hydrogen-bond acceptors (Lipinski definition) is 4. The fourth-order valence-corrected chi connectivity index (χ4v) is 3.60. The van der Waals surface area contributed by atoms with Gasteiger partial charge in [0.15, 0.2) is 17.6 Å². The summed E-state index contributed by atoms with van der Waals surface area (Å²) in [6, 6.07) is 17.6. The van der Waals surface area contributed by atoms with Crippen LogP contribution in [0.1, 0.15) is 17.0 Å². The molecule has 2 heterocycles. The Morgan fingerprint density at radius 1 is 1.10 bits per heavy atom. The first-order valence-electron chi connectivity index (χ1n) is 9.76. The first kappa shape index (κ1) is 19.1. The summed E-state index contributed by atoms with van der Waals surface area (Å²) in [7, 11) is 1.80. The maximum Gasteiger partial charge on any atom is 0.227 e. The zero-order chi connectivity index (χ0) is 20.4. The number of aromatic nitrogens is 2. The van der Waals surface area contributed by atoms with Crippen LogP contribution in [0.15, 0.2) is 54.6 Å². The second-order valence-corrected chi connectivity index (χ2v) is 7.35. The Balaban J connectivity index is 1.43. The topological polar surface area (TPSA) is 56.6 Å². The highest BCUT2D eigenvalue weighted by Gasteiger charge is 2.25. The normalized spacial score (nSPS) is 15.2. The molecule has 150 valence electrons. The lowest BCUT2D eigenvalue weighted by Gasteiger charge is -2.29. The fourth-order valence-electron chi connectivity index (χ4n) is 3.60. The summed E-state index contributed by atoms with van der Waals surface area (Å²) in [6.45, 7) is 4.85. The van der Waals surface area contributed by atoms with Crippen LogP contribution < -0.4 is 9.47 Å². The first-order valence-corrected chi connectivity index (χ1v) is 9.76. The number of hydrogen-bond donors (Lipinski definition) is 0.